The Bertz CT molecular complexity index is 494. The van der Waals surface area contributed by atoms with E-state index in [9.17, 15) is 4.79 Å². The maximum atomic E-state index is 12.0. The van der Waals surface area contributed by atoms with Gasteiger partial charge in [0.15, 0.2) is 0 Å². The van der Waals surface area contributed by atoms with E-state index in [1.54, 1.807) is 4.90 Å². The van der Waals surface area contributed by atoms with Gasteiger partial charge in [0.1, 0.15) is 5.60 Å². The molecule has 1 heterocycles. The van der Waals surface area contributed by atoms with Crippen molar-refractivity contribution in [3.63, 3.8) is 0 Å². The number of nitrogens with zero attached hydrogens (tertiary/aromatic N) is 1. The van der Waals surface area contributed by atoms with Gasteiger partial charge in [-0.3, -0.25) is 0 Å². The van der Waals surface area contributed by atoms with Crippen LogP contribution in [0.5, 0.6) is 0 Å². The molecule has 1 fully saturated rings. The third kappa shape index (κ3) is 4.74. The van der Waals surface area contributed by atoms with Crippen molar-refractivity contribution in [2.75, 3.05) is 13.1 Å². The van der Waals surface area contributed by atoms with Crippen molar-refractivity contribution >= 4 is 6.09 Å². The Labute approximate surface area is 127 Å². The Morgan fingerprint density at radius 3 is 2.76 bits per heavy atom. The van der Waals surface area contributed by atoms with Gasteiger partial charge < -0.3 is 15.0 Å². The van der Waals surface area contributed by atoms with E-state index in [1.165, 1.54) is 11.1 Å². The van der Waals surface area contributed by atoms with Gasteiger partial charge in [-0.15, -0.1) is 0 Å². The standard InChI is InChI=1S/C17H26N2O2/c1-13-7-5-6-8-14(13)11-18-15-9-10-19(12-15)16(20)21-17(2,3)4/h5-8,15,18H,9-12H2,1-4H3/t15-/m0/s1. The fourth-order valence-electron chi connectivity index (χ4n) is 2.48. The molecule has 116 valence electrons. The van der Waals surface area contributed by atoms with Crippen LogP contribution in [0.25, 0.3) is 0 Å². The molecule has 1 saturated heterocycles. The molecule has 0 radical (unpaired) electrons. The Hall–Kier alpha value is -1.55. The Balaban J connectivity index is 1.80. The van der Waals surface area contributed by atoms with Crippen molar-refractivity contribution in [1.82, 2.24) is 10.2 Å². The fraction of sp³-hybridized carbons (Fsp3) is 0.588. The quantitative estimate of drug-likeness (QED) is 0.930. The molecular formula is C17H26N2O2. The number of aryl methyl sites for hydroxylation is 1. The van der Waals surface area contributed by atoms with Crippen LogP contribution < -0.4 is 5.32 Å². The number of amides is 1. The minimum Gasteiger partial charge on any atom is -0.444 e. The van der Waals surface area contributed by atoms with Crippen LogP contribution >= 0.6 is 0 Å². The number of hydrogen-bond acceptors (Lipinski definition) is 3. The molecule has 21 heavy (non-hydrogen) atoms. The van der Waals surface area contributed by atoms with E-state index in [-0.39, 0.29) is 6.09 Å². The lowest BCUT2D eigenvalue weighted by Gasteiger charge is -2.24. The first-order chi connectivity index (χ1) is 9.85. The number of benzene rings is 1. The lowest BCUT2D eigenvalue weighted by atomic mass is 10.1. The molecular weight excluding hydrogens is 264 g/mol. The van der Waals surface area contributed by atoms with Crippen LogP contribution in [0.15, 0.2) is 24.3 Å². The summed E-state index contributed by atoms with van der Waals surface area (Å²) in [6, 6.07) is 8.73. The molecule has 0 aromatic heterocycles. The fourth-order valence-corrected chi connectivity index (χ4v) is 2.48. The zero-order valence-electron chi connectivity index (χ0n) is 13.5. The molecule has 1 N–H and O–H groups in total. The predicted molar refractivity (Wildman–Crippen MR) is 84.2 cm³/mol. The summed E-state index contributed by atoms with van der Waals surface area (Å²) in [7, 11) is 0. The van der Waals surface area contributed by atoms with Gasteiger partial charge in [-0.05, 0) is 45.2 Å². The van der Waals surface area contributed by atoms with Crippen molar-refractivity contribution in [3.8, 4) is 0 Å². The average molecular weight is 290 g/mol. The number of ether oxygens (including phenoxy) is 1. The lowest BCUT2D eigenvalue weighted by Crippen LogP contribution is -2.38. The SMILES string of the molecule is Cc1ccccc1CN[C@H]1CCN(C(=O)OC(C)(C)C)C1. The van der Waals surface area contributed by atoms with Crippen LogP contribution in [0.1, 0.15) is 38.3 Å². The second-order valence-corrected chi connectivity index (χ2v) is 6.72. The molecule has 0 spiro atoms. The van der Waals surface area contributed by atoms with Crippen molar-refractivity contribution in [1.29, 1.82) is 0 Å². The second-order valence-electron chi connectivity index (χ2n) is 6.72. The van der Waals surface area contributed by atoms with Gasteiger partial charge in [-0.25, -0.2) is 4.79 Å². The minimum atomic E-state index is -0.427. The number of hydrogen-bond donors (Lipinski definition) is 1. The highest BCUT2D eigenvalue weighted by Crippen LogP contribution is 2.16. The summed E-state index contributed by atoms with van der Waals surface area (Å²) in [4.78, 5) is 13.8. The van der Waals surface area contributed by atoms with Crippen molar-refractivity contribution in [2.24, 2.45) is 0 Å². The third-order valence-electron chi connectivity index (χ3n) is 3.68. The number of carbonyl (C=O) groups excluding carboxylic acids is 1. The Morgan fingerprint density at radius 2 is 2.10 bits per heavy atom. The van der Waals surface area contributed by atoms with Gasteiger partial charge in [0, 0.05) is 25.7 Å². The molecule has 0 bridgehead atoms. The smallest absolute Gasteiger partial charge is 0.410 e. The van der Waals surface area contributed by atoms with Gasteiger partial charge in [-0.2, -0.15) is 0 Å². The van der Waals surface area contributed by atoms with Crippen LogP contribution in [-0.2, 0) is 11.3 Å². The summed E-state index contributed by atoms with van der Waals surface area (Å²) in [5.41, 5.74) is 2.18. The molecule has 0 aliphatic carbocycles. The van der Waals surface area contributed by atoms with Gasteiger partial charge in [0.2, 0.25) is 0 Å². The first-order valence-electron chi connectivity index (χ1n) is 7.61. The third-order valence-corrected chi connectivity index (χ3v) is 3.68. The van der Waals surface area contributed by atoms with Gasteiger partial charge in [-0.1, -0.05) is 24.3 Å². The summed E-state index contributed by atoms with van der Waals surface area (Å²) in [6.45, 7) is 10.2. The van der Waals surface area contributed by atoms with Crippen LogP contribution in [0.4, 0.5) is 4.79 Å². The molecule has 1 atom stereocenters. The maximum Gasteiger partial charge on any atom is 0.410 e. The molecule has 4 heteroatoms. The monoisotopic (exact) mass is 290 g/mol. The molecule has 0 unspecified atom stereocenters. The van der Waals surface area contributed by atoms with Gasteiger partial charge in [0.25, 0.3) is 0 Å². The number of rotatable bonds is 3. The largest absolute Gasteiger partial charge is 0.444 e. The van der Waals surface area contributed by atoms with E-state index in [4.69, 9.17) is 4.74 Å². The Morgan fingerprint density at radius 1 is 1.38 bits per heavy atom. The van der Waals surface area contributed by atoms with Crippen molar-refractivity contribution in [2.45, 2.75) is 52.3 Å². The van der Waals surface area contributed by atoms with E-state index in [2.05, 4.69) is 36.5 Å². The summed E-state index contributed by atoms with van der Waals surface area (Å²) < 4.78 is 5.41. The van der Waals surface area contributed by atoms with Crippen molar-refractivity contribution < 1.29 is 9.53 Å². The molecule has 1 aliphatic heterocycles. The van der Waals surface area contributed by atoms with E-state index < -0.39 is 5.60 Å². The molecule has 1 aromatic carbocycles. The summed E-state index contributed by atoms with van der Waals surface area (Å²) >= 11 is 0. The maximum absolute atomic E-state index is 12.0. The van der Waals surface area contributed by atoms with Gasteiger partial charge in [0.05, 0.1) is 0 Å². The van der Waals surface area contributed by atoms with E-state index in [0.29, 0.717) is 6.04 Å². The molecule has 0 saturated carbocycles. The van der Waals surface area contributed by atoms with Gasteiger partial charge >= 0.3 is 6.09 Å². The molecule has 1 aromatic rings. The van der Waals surface area contributed by atoms with Crippen LogP contribution in [-0.4, -0.2) is 35.7 Å². The van der Waals surface area contributed by atoms with E-state index in [1.807, 2.05) is 20.8 Å². The Kier molecular flexibility index (Phi) is 4.88. The highest BCUT2D eigenvalue weighted by molar-refractivity contribution is 5.68. The number of likely N-dealkylation sites (tertiary alicyclic amines) is 1. The average Bonchev–Trinajstić information content (AvgIpc) is 2.85. The number of carbonyl (C=O) groups is 1. The normalized spacial score (nSPS) is 18.9. The van der Waals surface area contributed by atoms with Crippen molar-refractivity contribution in [3.05, 3.63) is 35.4 Å². The zero-order chi connectivity index (χ0) is 15.5. The van der Waals surface area contributed by atoms with E-state index in [0.717, 1.165) is 26.1 Å². The van der Waals surface area contributed by atoms with Crippen LogP contribution in [0, 0.1) is 6.92 Å². The first kappa shape index (κ1) is 15.8. The summed E-state index contributed by atoms with van der Waals surface area (Å²) in [5.74, 6) is 0. The molecule has 2 rings (SSSR count). The topological polar surface area (TPSA) is 41.6 Å². The van der Waals surface area contributed by atoms with E-state index >= 15 is 0 Å². The van der Waals surface area contributed by atoms with Crippen LogP contribution in [0.3, 0.4) is 0 Å². The summed E-state index contributed by atoms with van der Waals surface area (Å²) in [5, 5.41) is 3.54. The molecule has 1 aliphatic rings. The van der Waals surface area contributed by atoms with Crippen LogP contribution in [0.2, 0.25) is 0 Å². The molecule has 1 amide bonds. The predicted octanol–water partition coefficient (Wildman–Crippen LogP) is 3.09. The highest BCUT2D eigenvalue weighted by Gasteiger charge is 2.29. The highest BCUT2D eigenvalue weighted by atomic mass is 16.6. The lowest BCUT2D eigenvalue weighted by molar-refractivity contribution is 0.0291. The first-order valence-corrected chi connectivity index (χ1v) is 7.61. The molecule has 4 nitrogen and oxygen atoms in total. The number of nitrogens with one attached hydrogen (secondary N) is 1. The summed E-state index contributed by atoms with van der Waals surface area (Å²) in [6.07, 6.45) is 0.771. The second kappa shape index (κ2) is 6.48. The zero-order valence-corrected chi connectivity index (χ0v) is 13.5. The minimum absolute atomic E-state index is 0.206.